The van der Waals surface area contributed by atoms with Crippen LogP contribution in [0.2, 0.25) is 5.02 Å². The summed E-state index contributed by atoms with van der Waals surface area (Å²) in [6.07, 6.45) is -1.45. The van der Waals surface area contributed by atoms with Gasteiger partial charge >= 0.3 is 6.11 Å². The molecular formula is C30H21ClF6O. The minimum Gasteiger partial charge on any atom is -0.429 e. The number of hydrogen-bond acceptors (Lipinski definition) is 1. The Kier molecular flexibility index (Phi) is 8.17. The first-order chi connectivity index (χ1) is 18.1. The predicted octanol–water partition coefficient (Wildman–Crippen LogP) is 9.87. The van der Waals surface area contributed by atoms with E-state index in [1.54, 1.807) is 6.07 Å². The van der Waals surface area contributed by atoms with Crippen LogP contribution >= 0.6 is 11.6 Å². The summed E-state index contributed by atoms with van der Waals surface area (Å²) in [4.78, 5) is 0. The van der Waals surface area contributed by atoms with Gasteiger partial charge in [0.25, 0.3) is 0 Å². The Morgan fingerprint density at radius 3 is 1.97 bits per heavy atom. The molecule has 0 fully saturated rings. The Hall–Kier alpha value is -3.71. The van der Waals surface area contributed by atoms with Crippen LogP contribution in [0.5, 0.6) is 5.75 Å². The zero-order valence-electron chi connectivity index (χ0n) is 20.1. The second-order valence-corrected chi connectivity index (χ2v) is 8.98. The van der Waals surface area contributed by atoms with Crippen LogP contribution in [-0.4, -0.2) is 6.11 Å². The first-order valence-electron chi connectivity index (χ1n) is 11.7. The smallest absolute Gasteiger partial charge is 0.419 e. The zero-order valence-corrected chi connectivity index (χ0v) is 20.8. The van der Waals surface area contributed by atoms with Crippen molar-refractivity contribution in [3.8, 4) is 28.0 Å². The Balaban J connectivity index is 1.55. The highest BCUT2D eigenvalue weighted by Gasteiger charge is 2.28. The molecule has 0 aliphatic carbocycles. The molecule has 4 aromatic rings. The predicted molar refractivity (Wildman–Crippen MR) is 137 cm³/mol. The molecule has 0 unspecified atom stereocenters. The molecule has 196 valence electrons. The summed E-state index contributed by atoms with van der Waals surface area (Å²) in [5.41, 5.74) is 1.62. The van der Waals surface area contributed by atoms with E-state index in [0.717, 1.165) is 48.2 Å². The summed E-state index contributed by atoms with van der Waals surface area (Å²) in [5.74, 6) is -4.56. The third kappa shape index (κ3) is 6.40. The SMILES string of the molecule is CCCc1ccc(-c2ccc(-c3cc(F)c(C=CC(F)(F)Oc4ccc(Cl)c(F)c4)c(F)c3)c(F)c2)cc1. The zero-order chi connectivity index (χ0) is 27.4. The number of rotatable bonds is 8. The first-order valence-corrected chi connectivity index (χ1v) is 12.0. The quantitative estimate of drug-likeness (QED) is 0.200. The number of halogens is 7. The molecular weight excluding hydrogens is 526 g/mol. The number of benzene rings is 4. The van der Waals surface area contributed by atoms with Crippen molar-refractivity contribution in [1.29, 1.82) is 0 Å². The Labute approximate surface area is 221 Å². The van der Waals surface area contributed by atoms with Gasteiger partial charge in [-0.25, -0.2) is 17.6 Å². The molecule has 0 aliphatic rings. The van der Waals surface area contributed by atoms with E-state index in [-0.39, 0.29) is 22.2 Å². The van der Waals surface area contributed by atoms with Crippen LogP contribution in [0.1, 0.15) is 24.5 Å². The van der Waals surface area contributed by atoms with Gasteiger partial charge in [0.1, 0.15) is 29.0 Å². The van der Waals surface area contributed by atoms with Gasteiger partial charge < -0.3 is 4.74 Å². The van der Waals surface area contributed by atoms with E-state index in [2.05, 4.69) is 11.7 Å². The number of aryl methyl sites for hydroxylation is 1. The van der Waals surface area contributed by atoms with Gasteiger partial charge in [-0.1, -0.05) is 61.3 Å². The van der Waals surface area contributed by atoms with Crippen LogP contribution in [0.4, 0.5) is 26.3 Å². The second kappa shape index (κ2) is 11.4. The van der Waals surface area contributed by atoms with Crippen molar-refractivity contribution in [2.24, 2.45) is 0 Å². The van der Waals surface area contributed by atoms with E-state index >= 15 is 0 Å². The van der Waals surface area contributed by atoms with E-state index < -0.39 is 40.7 Å². The molecule has 0 radical (unpaired) electrons. The molecule has 4 rings (SSSR count). The Bertz CT molecular complexity index is 1460. The van der Waals surface area contributed by atoms with E-state index in [1.165, 1.54) is 12.1 Å². The highest BCUT2D eigenvalue weighted by atomic mass is 35.5. The van der Waals surface area contributed by atoms with Crippen molar-refractivity contribution in [3.05, 3.63) is 118 Å². The number of hydrogen-bond donors (Lipinski definition) is 0. The highest BCUT2D eigenvalue weighted by Crippen LogP contribution is 2.32. The normalized spacial score (nSPS) is 11.8. The average Bonchev–Trinajstić information content (AvgIpc) is 2.86. The maximum Gasteiger partial charge on any atom is 0.419 e. The molecule has 0 amide bonds. The van der Waals surface area contributed by atoms with Crippen molar-refractivity contribution >= 4 is 17.7 Å². The lowest BCUT2D eigenvalue weighted by molar-refractivity contribution is -0.131. The van der Waals surface area contributed by atoms with Crippen LogP contribution in [0.15, 0.2) is 78.9 Å². The van der Waals surface area contributed by atoms with Gasteiger partial charge in [-0.2, -0.15) is 8.78 Å². The van der Waals surface area contributed by atoms with Gasteiger partial charge in [0, 0.05) is 23.3 Å². The van der Waals surface area contributed by atoms with Gasteiger partial charge in [0.15, 0.2) is 0 Å². The molecule has 1 nitrogen and oxygen atoms in total. The van der Waals surface area contributed by atoms with Crippen LogP contribution in [0.25, 0.3) is 28.3 Å². The maximum atomic E-state index is 14.9. The summed E-state index contributed by atoms with van der Waals surface area (Å²) in [7, 11) is 0. The summed E-state index contributed by atoms with van der Waals surface area (Å²) >= 11 is 5.51. The number of ether oxygens (including phenoxy) is 1. The fourth-order valence-electron chi connectivity index (χ4n) is 3.89. The van der Waals surface area contributed by atoms with Crippen molar-refractivity contribution < 1.29 is 31.1 Å². The van der Waals surface area contributed by atoms with E-state index in [1.807, 2.05) is 24.3 Å². The standard InChI is InChI=1S/C30H21ClF6O/c1-2-3-18-4-6-19(7-5-18)20-8-10-23(26(32)14-20)21-15-27(33)24(28(34)16-21)12-13-30(36,37)38-22-9-11-25(31)29(35)17-22/h4-17H,2-3H2,1H3. The van der Waals surface area contributed by atoms with Crippen LogP contribution in [0.3, 0.4) is 0 Å². The van der Waals surface area contributed by atoms with Crippen molar-refractivity contribution in [1.82, 2.24) is 0 Å². The Morgan fingerprint density at radius 1 is 0.737 bits per heavy atom. The molecule has 0 heterocycles. The molecule has 0 spiro atoms. The lowest BCUT2D eigenvalue weighted by Gasteiger charge is -2.15. The number of alkyl halides is 2. The monoisotopic (exact) mass is 546 g/mol. The van der Waals surface area contributed by atoms with Crippen LogP contribution < -0.4 is 4.74 Å². The molecule has 38 heavy (non-hydrogen) atoms. The van der Waals surface area contributed by atoms with Crippen LogP contribution in [0, 0.1) is 23.3 Å². The minimum absolute atomic E-state index is 0.0527. The molecule has 0 saturated carbocycles. The Morgan fingerprint density at radius 2 is 1.37 bits per heavy atom. The summed E-state index contributed by atoms with van der Waals surface area (Å²) in [6, 6.07) is 16.4. The lowest BCUT2D eigenvalue weighted by atomic mass is 9.97. The largest absolute Gasteiger partial charge is 0.429 e. The highest BCUT2D eigenvalue weighted by molar-refractivity contribution is 6.30. The summed E-state index contributed by atoms with van der Waals surface area (Å²) < 4.78 is 90.6. The molecule has 0 bridgehead atoms. The second-order valence-electron chi connectivity index (χ2n) is 8.57. The fraction of sp³-hybridized carbons (Fsp3) is 0.133. The average molecular weight is 547 g/mol. The van der Waals surface area contributed by atoms with Gasteiger partial charge in [-0.15, -0.1) is 0 Å². The lowest BCUT2D eigenvalue weighted by Crippen LogP contribution is -2.21. The van der Waals surface area contributed by atoms with Gasteiger partial charge in [0.05, 0.1) is 5.02 Å². The maximum absolute atomic E-state index is 14.9. The molecule has 8 heteroatoms. The summed E-state index contributed by atoms with van der Waals surface area (Å²) in [5, 5.41) is -0.285. The topological polar surface area (TPSA) is 9.23 Å². The van der Waals surface area contributed by atoms with Crippen molar-refractivity contribution in [3.63, 3.8) is 0 Å². The van der Waals surface area contributed by atoms with Crippen molar-refractivity contribution in [2.45, 2.75) is 25.9 Å². The van der Waals surface area contributed by atoms with E-state index in [4.69, 9.17) is 11.6 Å². The molecule has 0 N–H and O–H groups in total. The van der Waals surface area contributed by atoms with Gasteiger partial charge in [0.2, 0.25) is 0 Å². The first kappa shape index (κ1) is 27.3. The fourth-order valence-corrected chi connectivity index (χ4v) is 4.01. The van der Waals surface area contributed by atoms with Gasteiger partial charge in [-0.3, -0.25) is 0 Å². The summed E-state index contributed by atoms with van der Waals surface area (Å²) in [6.45, 7) is 2.08. The third-order valence-corrected chi connectivity index (χ3v) is 6.08. The van der Waals surface area contributed by atoms with Crippen molar-refractivity contribution in [2.75, 3.05) is 0 Å². The molecule has 0 aliphatic heterocycles. The third-order valence-electron chi connectivity index (χ3n) is 5.77. The molecule has 0 atom stereocenters. The van der Waals surface area contributed by atoms with Gasteiger partial charge in [-0.05, 0) is 65.1 Å². The minimum atomic E-state index is -4.02. The molecule has 0 saturated heterocycles. The molecule has 0 aromatic heterocycles. The van der Waals surface area contributed by atoms with E-state index in [9.17, 15) is 26.3 Å². The van der Waals surface area contributed by atoms with E-state index in [0.29, 0.717) is 17.7 Å². The molecule has 4 aromatic carbocycles. The van der Waals surface area contributed by atoms with Crippen LogP contribution in [-0.2, 0) is 6.42 Å².